The molecule has 1 aliphatic rings. The molecule has 3 aromatic heterocycles. The molecule has 0 saturated carbocycles. The fourth-order valence-electron chi connectivity index (χ4n) is 3.32. The lowest BCUT2D eigenvalue weighted by atomic mass is 9.87. The molecule has 0 radical (unpaired) electrons. The predicted molar refractivity (Wildman–Crippen MR) is 95.6 cm³/mol. The molecule has 2 N–H and O–H groups in total. The smallest absolute Gasteiger partial charge is 0.345 e. The second-order valence-corrected chi connectivity index (χ2v) is 6.74. The van der Waals surface area contributed by atoms with Gasteiger partial charge in [0.05, 0.1) is 29.8 Å². The molecule has 4 rings (SSSR count). The van der Waals surface area contributed by atoms with E-state index in [1.165, 1.54) is 6.42 Å². The summed E-state index contributed by atoms with van der Waals surface area (Å²) in [5, 5.41) is 3.48. The van der Waals surface area contributed by atoms with Gasteiger partial charge in [-0.05, 0) is 24.9 Å². The van der Waals surface area contributed by atoms with E-state index in [0.717, 1.165) is 35.6 Å². The van der Waals surface area contributed by atoms with E-state index in [-0.39, 0.29) is 6.29 Å². The number of carbonyl (C=O) groups excluding carboxylic acids is 1. The highest BCUT2D eigenvalue weighted by atomic mass is 19.4. The number of rotatable bonds is 3. The second-order valence-electron chi connectivity index (χ2n) is 6.74. The van der Waals surface area contributed by atoms with Crippen LogP contribution in [0.3, 0.4) is 0 Å². The quantitative estimate of drug-likeness (QED) is 0.682. The number of hydrogen-bond acceptors (Lipinski definition) is 4. The van der Waals surface area contributed by atoms with Gasteiger partial charge in [0.15, 0.2) is 5.65 Å². The predicted octanol–water partition coefficient (Wildman–Crippen LogP) is 3.45. The van der Waals surface area contributed by atoms with Crippen LogP contribution in [0.5, 0.6) is 0 Å². The molecule has 0 unspecified atom stereocenters. The van der Waals surface area contributed by atoms with Crippen molar-refractivity contribution in [3.05, 3.63) is 30.5 Å². The molecule has 0 bridgehead atoms. The van der Waals surface area contributed by atoms with Crippen LogP contribution in [0, 0.1) is 5.92 Å². The number of piperidine rings is 1. The van der Waals surface area contributed by atoms with E-state index >= 15 is 0 Å². The number of fused-ring (bicyclic) bond motifs is 3. The molecule has 0 amide bonds. The molecule has 0 spiro atoms. The number of nitrogens with zero attached hydrogens (tertiary/aromatic N) is 3. The van der Waals surface area contributed by atoms with Crippen molar-refractivity contribution in [3.63, 3.8) is 0 Å². The van der Waals surface area contributed by atoms with Gasteiger partial charge in [-0.2, -0.15) is 13.2 Å². The van der Waals surface area contributed by atoms with Crippen molar-refractivity contribution in [2.45, 2.75) is 38.3 Å². The molecule has 3 aromatic rings. The molecule has 0 aliphatic carbocycles. The van der Waals surface area contributed by atoms with Crippen LogP contribution in [0.2, 0.25) is 0 Å². The zero-order chi connectivity index (χ0) is 19.4. The molecule has 1 saturated heterocycles. The Hall–Kier alpha value is -2.42. The number of aromatic amines is 1. The van der Waals surface area contributed by atoms with Crippen LogP contribution in [0.15, 0.2) is 24.7 Å². The zero-order valence-corrected chi connectivity index (χ0v) is 15.0. The summed E-state index contributed by atoms with van der Waals surface area (Å²) in [4.78, 5) is 21.6. The molecule has 9 heteroatoms. The second kappa shape index (κ2) is 8.08. The number of nitrogens with one attached hydrogen (secondary N) is 2. The van der Waals surface area contributed by atoms with Gasteiger partial charge in [-0.3, -0.25) is 4.40 Å². The van der Waals surface area contributed by atoms with Crippen molar-refractivity contribution in [1.29, 1.82) is 0 Å². The highest BCUT2D eigenvalue weighted by Gasteiger charge is 2.27. The minimum atomic E-state index is -4.18. The first-order valence-corrected chi connectivity index (χ1v) is 8.91. The third kappa shape index (κ3) is 4.47. The maximum absolute atomic E-state index is 11.1. The van der Waals surface area contributed by atoms with Crippen LogP contribution in [-0.2, 0) is 4.79 Å². The summed E-state index contributed by atoms with van der Waals surface area (Å²) in [6.07, 6.45) is 1.60. The van der Waals surface area contributed by atoms with E-state index < -0.39 is 19.0 Å². The fourth-order valence-corrected chi connectivity index (χ4v) is 3.32. The maximum Gasteiger partial charge on any atom is 0.389 e. The van der Waals surface area contributed by atoms with Crippen molar-refractivity contribution in [2.24, 2.45) is 5.92 Å². The Labute approximate surface area is 154 Å². The first-order valence-electron chi connectivity index (χ1n) is 8.91. The topological polar surface area (TPSA) is 75.1 Å². The molecule has 1 fully saturated rings. The normalized spacial score (nSPS) is 20.4. The van der Waals surface area contributed by atoms with Crippen LogP contribution >= 0.6 is 0 Å². The van der Waals surface area contributed by atoms with Crippen LogP contribution in [0.1, 0.15) is 37.9 Å². The first-order chi connectivity index (χ1) is 12.9. The summed E-state index contributed by atoms with van der Waals surface area (Å²) in [5.74, 6) is 2.28. The summed E-state index contributed by atoms with van der Waals surface area (Å²) in [6, 6.07) is 2.07. The number of H-pyrrole nitrogens is 1. The number of aromatic nitrogens is 4. The van der Waals surface area contributed by atoms with Gasteiger partial charge in [0.2, 0.25) is 0 Å². The average molecular weight is 381 g/mol. The molecular formula is C18H22F3N5O. The van der Waals surface area contributed by atoms with Crippen LogP contribution in [-0.4, -0.2) is 44.9 Å². The summed E-state index contributed by atoms with van der Waals surface area (Å²) in [5.41, 5.74) is 3.10. The van der Waals surface area contributed by atoms with Gasteiger partial charge in [0, 0.05) is 25.1 Å². The summed E-state index contributed by atoms with van der Waals surface area (Å²) < 4.78 is 35.5. The van der Waals surface area contributed by atoms with Gasteiger partial charge in [0.25, 0.3) is 0 Å². The Balaban J connectivity index is 0.000000226. The van der Waals surface area contributed by atoms with Crippen molar-refractivity contribution in [3.8, 4) is 0 Å². The number of halogens is 3. The summed E-state index contributed by atoms with van der Waals surface area (Å²) in [6.45, 7) is 4.44. The first kappa shape index (κ1) is 19.3. The SMILES string of the molecule is C[C@@H]1CCNC[C@@H]1c1ncc2cnc3[nH]ccc3n12.O=CCCC(F)(F)F. The van der Waals surface area contributed by atoms with E-state index in [1.54, 1.807) is 0 Å². The Morgan fingerprint density at radius 1 is 1.33 bits per heavy atom. The van der Waals surface area contributed by atoms with Crippen molar-refractivity contribution in [2.75, 3.05) is 13.1 Å². The van der Waals surface area contributed by atoms with Gasteiger partial charge in [-0.1, -0.05) is 6.92 Å². The largest absolute Gasteiger partial charge is 0.389 e. The Morgan fingerprint density at radius 3 is 2.78 bits per heavy atom. The number of hydrogen-bond donors (Lipinski definition) is 2. The molecule has 4 heterocycles. The van der Waals surface area contributed by atoms with E-state index in [1.807, 2.05) is 18.6 Å². The van der Waals surface area contributed by atoms with E-state index in [2.05, 4.69) is 37.7 Å². The van der Waals surface area contributed by atoms with Crippen LogP contribution < -0.4 is 5.32 Å². The monoisotopic (exact) mass is 381 g/mol. The highest BCUT2D eigenvalue weighted by Crippen LogP contribution is 2.30. The molecule has 0 aromatic carbocycles. The Kier molecular flexibility index (Phi) is 5.79. The van der Waals surface area contributed by atoms with E-state index in [0.29, 0.717) is 11.8 Å². The van der Waals surface area contributed by atoms with Crippen molar-refractivity contribution in [1.82, 2.24) is 24.7 Å². The van der Waals surface area contributed by atoms with Gasteiger partial charge in [0.1, 0.15) is 12.1 Å². The molecular weight excluding hydrogens is 359 g/mol. The third-order valence-electron chi connectivity index (χ3n) is 4.79. The molecule has 1 aliphatic heterocycles. The summed E-state index contributed by atoms with van der Waals surface area (Å²) in [7, 11) is 0. The number of aldehydes is 1. The number of carbonyl (C=O) groups is 1. The Morgan fingerprint density at radius 2 is 2.11 bits per heavy atom. The highest BCUT2D eigenvalue weighted by molar-refractivity contribution is 5.75. The van der Waals surface area contributed by atoms with Gasteiger partial charge in [-0.15, -0.1) is 0 Å². The van der Waals surface area contributed by atoms with Crippen LogP contribution in [0.25, 0.3) is 16.7 Å². The van der Waals surface area contributed by atoms with Gasteiger partial charge < -0.3 is 15.1 Å². The van der Waals surface area contributed by atoms with E-state index in [9.17, 15) is 18.0 Å². The van der Waals surface area contributed by atoms with E-state index in [4.69, 9.17) is 0 Å². The molecule has 2 atom stereocenters. The minimum absolute atomic E-state index is 0.257. The zero-order valence-electron chi connectivity index (χ0n) is 15.0. The fraction of sp³-hybridized carbons (Fsp3) is 0.500. The maximum atomic E-state index is 11.1. The van der Waals surface area contributed by atoms with Crippen molar-refractivity contribution < 1.29 is 18.0 Å². The number of imidazole rings is 1. The Bertz CT molecular complexity index is 901. The van der Waals surface area contributed by atoms with Crippen LogP contribution in [0.4, 0.5) is 13.2 Å². The lowest BCUT2D eigenvalue weighted by molar-refractivity contribution is -0.139. The molecule has 146 valence electrons. The third-order valence-corrected chi connectivity index (χ3v) is 4.79. The molecule has 27 heavy (non-hydrogen) atoms. The van der Waals surface area contributed by atoms with Gasteiger partial charge >= 0.3 is 6.18 Å². The average Bonchev–Trinajstić information content (AvgIpc) is 3.26. The lowest BCUT2D eigenvalue weighted by Gasteiger charge is -2.28. The minimum Gasteiger partial charge on any atom is -0.345 e. The summed E-state index contributed by atoms with van der Waals surface area (Å²) >= 11 is 0. The van der Waals surface area contributed by atoms with Gasteiger partial charge in [-0.25, -0.2) is 9.97 Å². The van der Waals surface area contributed by atoms with Crippen molar-refractivity contribution >= 4 is 23.0 Å². The number of alkyl halides is 3. The molecule has 6 nitrogen and oxygen atoms in total. The lowest BCUT2D eigenvalue weighted by Crippen LogP contribution is -2.34. The standard InChI is InChI=1S/C14H17N5.C4H5F3O/c1-9-2-4-15-8-11(9)14-18-7-10-6-17-13-12(19(10)14)3-5-16-13;5-4(6,7)2-1-3-8/h3,5-7,9,11,15-16H,2,4,8H2,1H3;3H,1-2H2/t9-,11+;/m1./s1.